The molecule has 0 atom stereocenters. The van der Waals surface area contributed by atoms with E-state index in [9.17, 15) is 14.4 Å². The summed E-state index contributed by atoms with van der Waals surface area (Å²) in [5.41, 5.74) is 7.67. The summed E-state index contributed by atoms with van der Waals surface area (Å²) < 4.78 is 10.6. The normalized spacial score (nSPS) is 10.3. The van der Waals surface area contributed by atoms with Crippen LogP contribution in [0.5, 0.6) is 5.75 Å². The molecular formula is C25H30ClN3O5S. The number of hydrazine groups is 1. The Labute approximate surface area is 215 Å². The first-order valence-electron chi connectivity index (χ1n) is 11.2. The van der Waals surface area contributed by atoms with Crippen LogP contribution in [0.3, 0.4) is 0 Å². The maximum atomic E-state index is 12.0. The van der Waals surface area contributed by atoms with Crippen LogP contribution in [-0.2, 0) is 25.5 Å². The van der Waals surface area contributed by atoms with Gasteiger partial charge in [0, 0.05) is 17.9 Å². The van der Waals surface area contributed by atoms with Crippen molar-refractivity contribution in [2.45, 2.75) is 46.0 Å². The van der Waals surface area contributed by atoms with Crippen molar-refractivity contribution in [3.63, 3.8) is 0 Å². The Bertz CT molecular complexity index is 1010. The molecule has 0 aliphatic heterocycles. The maximum absolute atomic E-state index is 12.0. The van der Waals surface area contributed by atoms with Gasteiger partial charge < -0.3 is 14.8 Å². The summed E-state index contributed by atoms with van der Waals surface area (Å²) in [6.45, 7) is 3.79. The topological polar surface area (TPSA) is 106 Å². The van der Waals surface area contributed by atoms with Crippen molar-refractivity contribution in [1.29, 1.82) is 0 Å². The Morgan fingerprint density at radius 1 is 0.943 bits per heavy atom. The fourth-order valence-electron chi connectivity index (χ4n) is 3.09. The lowest BCUT2D eigenvalue weighted by molar-refractivity contribution is -0.143. The summed E-state index contributed by atoms with van der Waals surface area (Å²) in [5.74, 6) is -0.686. The Kier molecular flexibility index (Phi) is 12.0. The summed E-state index contributed by atoms with van der Waals surface area (Å²) >= 11 is 11.1. The van der Waals surface area contributed by atoms with Crippen LogP contribution in [0, 0.1) is 13.8 Å². The molecule has 10 heteroatoms. The van der Waals surface area contributed by atoms with Gasteiger partial charge in [-0.1, -0.05) is 41.9 Å². The predicted molar refractivity (Wildman–Crippen MR) is 138 cm³/mol. The molecule has 0 fully saturated rings. The van der Waals surface area contributed by atoms with E-state index in [0.29, 0.717) is 23.8 Å². The first-order chi connectivity index (χ1) is 16.7. The smallest absolute Gasteiger partial charge is 0.305 e. The molecule has 0 aliphatic carbocycles. The summed E-state index contributed by atoms with van der Waals surface area (Å²) in [5, 5.41) is 3.02. The number of carbonyl (C=O) groups is 3. The van der Waals surface area contributed by atoms with E-state index in [4.69, 9.17) is 33.3 Å². The third-order valence-corrected chi connectivity index (χ3v) is 5.65. The van der Waals surface area contributed by atoms with E-state index >= 15 is 0 Å². The van der Waals surface area contributed by atoms with Crippen LogP contribution in [0.25, 0.3) is 0 Å². The number of amides is 2. The first-order valence-corrected chi connectivity index (χ1v) is 12.0. The van der Waals surface area contributed by atoms with E-state index in [-0.39, 0.29) is 36.4 Å². The largest absolute Gasteiger partial charge is 0.484 e. The lowest BCUT2D eigenvalue weighted by Gasteiger charge is -2.12. The van der Waals surface area contributed by atoms with E-state index in [2.05, 4.69) is 16.2 Å². The molecule has 0 bridgehead atoms. The molecule has 35 heavy (non-hydrogen) atoms. The molecule has 3 N–H and O–H groups in total. The molecule has 0 aliphatic rings. The highest BCUT2D eigenvalue weighted by Crippen LogP contribution is 2.25. The number of esters is 1. The SMILES string of the molecule is Cc1cc(OCC(=O)NNC(=S)NC(=O)CCCC(=O)OCCCc2ccccc2)cc(C)c1Cl. The highest BCUT2D eigenvalue weighted by molar-refractivity contribution is 7.80. The maximum Gasteiger partial charge on any atom is 0.305 e. The summed E-state index contributed by atoms with van der Waals surface area (Å²) in [4.78, 5) is 35.7. The lowest BCUT2D eigenvalue weighted by atomic mass is 10.1. The van der Waals surface area contributed by atoms with E-state index in [1.54, 1.807) is 12.1 Å². The van der Waals surface area contributed by atoms with Gasteiger partial charge in [-0.3, -0.25) is 25.2 Å². The van der Waals surface area contributed by atoms with Crippen LogP contribution in [0.4, 0.5) is 0 Å². The molecule has 8 nitrogen and oxygen atoms in total. The molecule has 2 aromatic carbocycles. The molecule has 0 saturated carbocycles. The molecule has 0 radical (unpaired) electrons. The van der Waals surface area contributed by atoms with Gasteiger partial charge in [-0.25, -0.2) is 0 Å². The van der Waals surface area contributed by atoms with Crippen molar-refractivity contribution < 1.29 is 23.9 Å². The van der Waals surface area contributed by atoms with Crippen molar-refractivity contribution in [2.24, 2.45) is 0 Å². The molecule has 0 aromatic heterocycles. The molecule has 2 amide bonds. The van der Waals surface area contributed by atoms with Crippen LogP contribution in [0.2, 0.25) is 5.02 Å². The quantitative estimate of drug-likeness (QED) is 0.180. The number of ether oxygens (including phenoxy) is 2. The fraction of sp³-hybridized carbons (Fsp3) is 0.360. The summed E-state index contributed by atoms with van der Waals surface area (Å²) in [6.07, 6.45) is 2.13. The van der Waals surface area contributed by atoms with Gasteiger partial charge >= 0.3 is 5.97 Å². The minimum absolute atomic E-state index is 0.0648. The Morgan fingerprint density at radius 3 is 2.31 bits per heavy atom. The van der Waals surface area contributed by atoms with Gasteiger partial charge in [-0.05, 0) is 74.2 Å². The molecule has 0 spiro atoms. The van der Waals surface area contributed by atoms with Gasteiger partial charge in [-0.15, -0.1) is 0 Å². The van der Waals surface area contributed by atoms with Crippen LogP contribution in [0.1, 0.15) is 42.4 Å². The van der Waals surface area contributed by atoms with Crippen molar-refractivity contribution >= 4 is 46.7 Å². The van der Waals surface area contributed by atoms with Gasteiger partial charge in [0.2, 0.25) is 5.91 Å². The number of rotatable bonds is 11. The average molecular weight is 520 g/mol. The number of aryl methyl sites for hydroxylation is 3. The van der Waals surface area contributed by atoms with Gasteiger partial charge in [0.1, 0.15) is 5.75 Å². The Balaban J connectivity index is 1.53. The number of hydrogen-bond donors (Lipinski definition) is 3. The molecule has 2 rings (SSSR count). The summed E-state index contributed by atoms with van der Waals surface area (Å²) in [7, 11) is 0. The minimum Gasteiger partial charge on any atom is -0.484 e. The third kappa shape index (κ3) is 11.2. The fourth-order valence-corrected chi connectivity index (χ4v) is 3.37. The highest BCUT2D eigenvalue weighted by atomic mass is 35.5. The Morgan fingerprint density at radius 2 is 1.63 bits per heavy atom. The van der Waals surface area contributed by atoms with Gasteiger partial charge in [0.05, 0.1) is 6.61 Å². The van der Waals surface area contributed by atoms with Crippen molar-refractivity contribution in [3.05, 3.63) is 64.2 Å². The molecule has 188 valence electrons. The zero-order valence-electron chi connectivity index (χ0n) is 19.8. The lowest BCUT2D eigenvalue weighted by Crippen LogP contribution is -2.49. The Hall–Kier alpha value is -3.17. The monoisotopic (exact) mass is 519 g/mol. The van der Waals surface area contributed by atoms with Crippen LogP contribution >= 0.6 is 23.8 Å². The number of hydrogen-bond acceptors (Lipinski definition) is 6. The molecule has 0 saturated heterocycles. The van der Waals surface area contributed by atoms with E-state index in [0.717, 1.165) is 24.0 Å². The molecular weight excluding hydrogens is 490 g/mol. The number of carbonyl (C=O) groups excluding carboxylic acids is 3. The van der Waals surface area contributed by atoms with Gasteiger partial charge in [0.15, 0.2) is 11.7 Å². The second kappa shape index (κ2) is 15.0. The number of thiocarbonyl (C=S) groups is 1. The van der Waals surface area contributed by atoms with Gasteiger partial charge in [-0.2, -0.15) is 0 Å². The van der Waals surface area contributed by atoms with Crippen molar-refractivity contribution in [1.82, 2.24) is 16.2 Å². The number of nitrogens with one attached hydrogen (secondary N) is 3. The molecule has 0 unspecified atom stereocenters. The van der Waals surface area contributed by atoms with Crippen LogP contribution in [0.15, 0.2) is 42.5 Å². The van der Waals surface area contributed by atoms with Crippen LogP contribution < -0.4 is 20.9 Å². The van der Waals surface area contributed by atoms with Gasteiger partial charge in [0.25, 0.3) is 5.91 Å². The van der Waals surface area contributed by atoms with E-state index in [1.165, 1.54) is 5.56 Å². The minimum atomic E-state index is -0.484. The van der Waals surface area contributed by atoms with Crippen molar-refractivity contribution in [3.8, 4) is 5.75 Å². The number of benzene rings is 2. The first kappa shape index (κ1) is 28.1. The molecule has 2 aromatic rings. The predicted octanol–water partition coefficient (Wildman–Crippen LogP) is 3.70. The zero-order valence-corrected chi connectivity index (χ0v) is 21.4. The highest BCUT2D eigenvalue weighted by Gasteiger charge is 2.10. The average Bonchev–Trinajstić information content (AvgIpc) is 2.83. The van der Waals surface area contributed by atoms with Crippen molar-refractivity contribution in [2.75, 3.05) is 13.2 Å². The zero-order chi connectivity index (χ0) is 25.6. The third-order valence-electron chi connectivity index (χ3n) is 4.85. The van der Waals surface area contributed by atoms with E-state index < -0.39 is 5.91 Å². The van der Waals surface area contributed by atoms with Crippen LogP contribution in [-0.4, -0.2) is 36.1 Å². The standard InChI is InChI=1S/C25H30ClN3O5S/c1-17-14-20(15-18(2)24(17)26)34-16-22(31)28-29-25(35)27-21(30)11-6-12-23(32)33-13-7-10-19-8-4-3-5-9-19/h3-5,8-9,14-15H,6-7,10-13,16H2,1-2H3,(H,28,31)(H2,27,29,30,35). The molecule has 0 heterocycles. The van der Waals surface area contributed by atoms with E-state index in [1.807, 2.05) is 44.2 Å². The summed E-state index contributed by atoms with van der Waals surface area (Å²) in [6, 6.07) is 13.4. The second-order valence-electron chi connectivity index (χ2n) is 7.87. The number of halogens is 1. The second-order valence-corrected chi connectivity index (χ2v) is 8.66.